The Labute approximate surface area is 162 Å². The van der Waals surface area contributed by atoms with Gasteiger partial charge in [-0.25, -0.2) is 4.39 Å². The van der Waals surface area contributed by atoms with E-state index >= 15 is 0 Å². The Morgan fingerprint density at radius 3 is 2.46 bits per heavy atom. The van der Waals surface area contributed by atoms with Gasteiger partial charge in [-0.15, -0.1) is 0 Å². The maximum Gasteiger partial charge on any atom is 0.246 e. The fraction of sp³-hybridized carbons (Fsp3) is 0.286. The summed E-state index contributed by atoms with van der Waals surface area (Å²) in [6, 6.07) is 13.1. The fourth-order valence-electron chi connectivity index (χ4n) is 3.04. The number of benzene rings is 2. The van der Waals surface area contributed by atoms with Gasteiger partial charge in [-0.1, -0.05) is 40.2 Å². The van der Waals surface area contributed by atoms with Gasteiger partial charge in [0.15, 0.2) is 0 Å². The summed E-state index contributed by atoms with van der Waals surface area (Å²) in [4.78, 5) is 16.5. The smallest absolute Gasteiger partial charge is 0.246 e. The largest absolute Gasteiger partial charge is 0.337 e. The minimum Gasteiger partial charge on any atom is -0.337 e. The highest BCUT2D eigenvalue weighted by Gasteiger charge is 2.19. The molecule has 1 heterocycles. The average molecular weight is 417 g/mol. The molecule has 1 aliphatic rings. The van der Waals surface area contributed by atoms with Crippen LogP contribution in [0.4, 0.5) is 4.39 Å². The third-order valence-corrected chi connectivity index (χ3v) is 5.13. The second kappa shape index (κ2) is 8.60. The van der Waals surface area contributed by atoms with Gasteiger partial charge >= 0.3 is 0 Å². The minimum atomic E-state index is -0.165. The number of hydrogen-bond donors (Lipinski definition) is 0. The number of carbonyl (C=O) groups is 1. The number of nitrogens with zero attached hydrogens (tertiary/aromatic N) is 2. The van der Waals surface area contributed by atoms with Gasteiger partial charge < -0.3 is 4.90 Å². The van der Waals surface area contributed by atoms with Crippen LogP contribution < -0.4 is 0 Å². The molecule has 3 nitrogen and oxygen atoms in total. The average Bonchev–Trinajstić information content (AvgIpc) is 2.65. The van der Waals surface area contributed by atoms with E-state index < -0.39 is 0 Å². The van der Waals surface area contributed by atoms with Gasteiger partial charge in [0.25, 0.3) is 0 Å². The van der Waals surface area contributed by atoms with Crippen molar-refractivity contribution < 1.29 is 9.18 Å². The minimum absolute atomic E-state index is 0.0465. The monoisotopic (exact) mass is 416 g/mol. The second-order valence-electron chi connectivity index (χ2n) is 6.57. The molecule has 2 aromatic rings. The van der Waals surface area contributed by atoms with Crippen LogP contribution in [0, 0.1) is 12.7 Å². The van der Waals surface area contributed by atoms with Crippen molar-refractivity contribution in [2.45, 2.75) is 13.5 Å². The van der Waals surface area contributed by atoms with Crippen LogP contribution in [-0.2, 0) is 11.3 Å². The lowest BCUT2D eigenvalue weighted by Crippen LogP contribution is -2.47. The van der Waals surface area contributed by atoms with Gasteiger partial charge in [-0.05, 0) is 47.9 Å². The molecule has 0 saturated carbocycles. The summed E-state index contributed by atoms with van der Waals surface area (Å²) in [5.74, 6) is -0.119. The van der Waals surface area contributed by atoms with E-state index in [1.807, 2.05) is 47.4 Å². The van der Waals surface area contributed by atoms with Crippen molar-refractivity contribution in [1.29, 1.82) is 0 Å². The van der Waals surface area contributed by atoms with Crippen LogP contribution in [0.1, 0.15) is 16.7 Å². The van der Waals surface area contributed by atoms with E-state index in [4.69, 9.17) is 0 Å². The standard InChI is InChI=1S/C21H22BrFN2O/c1-16-14-18(4-8-20(16)23)15-24-10-12-25(13-11-24)21(26)9-5-17-2-6-19(22)7-3-17/h2-9,14H,10-13,15H2,1H3/b9-5+. The number of rotatable bonds is 4. The molecule has 1 amide bonds. The first-order chi connectivity index (χ1) is 12.5. The Bertz CT molecular complexity index is 796. The highest BCUT2D eigenvalue weighted by molar-refractivity contribution is 9.10. The fourth-order valence-corrected chi connectivity index (χ4v) is 3.30. The topological polar surface area (TPSA) is 23.6 Å². The molecule has 0 N–H and O–H groups in total. The van der Waals surface area contributed by atoms with E-state index in [1.54, 1.807) is 13.0 Å². The third-order valence-electron chi connectivity index (χ3n) is 4.60. The first kappa shape index (κ1) is 18.8. The molecular formula is C21H22BrFN2O. The first-order valence-electron chi connectivity index (χ1n) is 8.71. The Balaban J connectivity index is 1.50. The predicted molar refractivity (Wildman–Crippen MR) is 106 cm³/mol. The van der Waals surface area contributed by atoms with Gasteiger partial charge in [0.1, 0.15) is 5.82 Å². The predicted octanol–water partition coefficient (Wildman–Crippen LogP) is 4.25. The third kappa shape index (κ3) is 5.02. The number of amides is 1. The van der Waals surface area contributed by atoms with Gasteiger partial charge in [-0.3, -0.25) is 9.69 Å². The summed E-state index contributed by atoms with van der Waals surface area (Å²) in [5, 5.41) is 0. The van der Waals surface area contributed by atoms with E-state index in [0.717, 1.165) is 35.2 Å². The van der Waals surface area contributed by atoms with Crippen LogP contribution in [0.2, 0.25) is 0 Å². The van der Waals surface area contributed by atoms with Gasteiger partial charge in [0.05, 0.1) is 0 Å². The summed E-state index contributed by atoms with van der Waals surface area (Å²) in [7, 11) is 0. The summed E-state index contributed by atoms with van der Waals surface area (Å²) in [5.41, 5.74) is 2.79. The Morgan fingerprint density at radius 2 is 1.81 bits per heavy atom. The molecule has 0 radical (unpaired) electrons. The zero-order valence-corrected chi connectivity index (χ0v) is 16.4. The van der Waals surface area contributed by atoms with Crippen molar-refractivity contribution in [1.82, 2.24) is 9.80 Å². The Hall–Kier alpha value is -1.98. The SMILES string of the molecule is Cc1cc(CN2CCN(C(=O)/C=C/c3ccc(Br)cc3)CC2)ccc1F. The van der Waals surface area contributed by atoms with Crippen LogP contribution in [0.25, 0.3) is 6.08 Å². The summed E-state index contributed by atoms with van der Waals surface area (Å²) < 4.78 is 14.4. The quantitative estimate of drug-likeness (QED) is 0.695. The molecule has 5 heteroatoms. The lowest BCUT2D eigenvalue weighted by Gasteiger charge is -2.34. The molecule has 26 heavy (non-hydrogen) atoms. The van der Waals surface area contributed by atoms with Crippen LogP contribution in [0.3, 0.4) is 0 Å². The number of halogens is 2. The number of carbonyl (C=O) groups excluding carboxylic acids is 1. The summed E-state index contributed by atoms with van der Waals surface area (Å²) in [6.07, 6.45) is 3.49. The van der Waals surface area contributed by atoms with Crippen molar-refractivity contribution in [2.75, 3.05) is 26.2 Å². The molecular weight excluding hydrogens is 395 g/mol. The molecule has 0 aromatic heterocycles. The Kier molecular flexibility index (Phi) is 6.22. The number of aryl methyl sites for hydroxylation is 1. The van der Waals surface area contributed by atoms with Gasteiger partial charge in [0, 0.05) is 43.3 Å². The van der Waals surface area contributed by atoms with Crippen molar-refractivity contribution in [3.63, 3.8) is 0 Å². The maximum atomic E-state index is 13.4. The molecule has 3 rings (SSSR count). The van der Waals surface area contributed by atoms with E-state index in [0.29, 0.717) is 18.7 Å². The van der Waals surface area contributed by atoms with E-state index in [1.165, 1.54) is 6.07 Å². The van der Waals surface area contributed by atoms with Crippen molar-refractivity contribution >= 4 is 27.9 Å². The molecule has 1 fully saturated rings. The van der Waals surface area contributed by atoms with Crippen molar-refractivity contribution in [2.24, 2.45) is 0 Å². The molecule has 0 bridgehead atoms. The van der Waals surface area contributed by atoms with E-state index in [9.17, 15) is 9.18 Å². The van der Waals surface area contributed by atoms with Crippen molar-refractivity contribution in [3.8, 4) is 0 Å². The molecule has 1 aliphatic heterocycles. The van der Waals surface area contributed by atoms with Crippen LogP contribution in [-0.4, -0.2) is 41.9 Å². The highest BCUT2D eigenvalue weighted by atomic mass is 79.9. The van der Waals surface area contributed by atoms with Crippen LogP contribution in [0.15, 0.2) is 53.0 Å². The molecule has 1 saturated heterocycles. The summed E-state index contributed by atoms with van der Waals surface area (Å²) >= 11 is 3.40. The molecule has 0 atom stereocenters. The highest BCUT2D eigenvalue weighted by Crippen LogP contribution is 2.14. The van der Waals surface area contributed by atoms with E-state index in [2.05, 4.69) is 20.8 Å². The molecule has 0 aliphatic carbocycles. The zero-order chi connectivity index (χ0) is 18.5. The maximum absolute atomic E-state index is 13.4. The van der Waals surface area contributed by atoms with E-state index in [-0.39, 0.29) is 11.7 Å². The first-order valence-corrected chi connectivity index (χ1v) is 9.50. The van der Waals surface area contributed by atoms with Crippen LogP contribution in [0.5, 0.6) is 0 Å². The van der Waals surface area contributed by atoms with Crippen LogP contribution >= 0.6 is 15.9 Å². The molecule has 2 aromatic carbocycles. The van der Waals surface area contributed by atoms with Gasteiger partial charge in [0.2, 0.25) is 5.91 Å². The summed E-state index contributed by atoms with van der Waals surface area (Å²) in [6.45, 7) is 5.65. The van der Waals surface area contributed by atoms with Crippen molar-refractivity contribution in [3.05, 3.63) is 75.5 Å². The molecule has 0 spiro atoms. The number of piperazine rings is 1. The lowest BCUT2D eigenvalue weighted by atomic mass is 10.1. The molecule has 0 unspecified atom stereocenters. The molecule has 136 valence electrons. The lowest BCUT2D eigenvalue weighted by molar-refractivity contribution is -0.127. The second-order valence-corrected chi connectivity index (χ2v) is 7.49. The normalized spacial score (nSPS) is 15.6. The van der Waals surface area contributed by atoms with Gasteiger partial charge in [-0.2, -0.15) is 0 Å². The zero-order valence-electron chi connectivity index (χ0n) is 14.8. The number of hydrogen-bond acceptors (Lipinski definition) is 2. The Morgan fingerprint density at radius 1 is 1.12 bits per heavy atom.